The molecule has 11 nitrogen and oxygen atoms in total. The molecule has 1 fully saturated rings. The van der Waals surface area contributed by atoms with E-state index in [1.54, 1.807) is 29.5 Å². The predicted octanol–water partition coefficient (Wildman–Crippen LogP) is 2.47. The van der Waals surface area contributed by atoms with Gasteiger partial charge in [-0.1, -0.05) is 68.1 Å². The normalized spacial score (nSPS) is 15.3. The first-order valence-corrected chi connectivity index (χ1v) is 13.7. The summed E-state index contributed by atoms with van der Waals surface area (Å²) in [5.41, 5.74) is 6.43. The Kier molecular flexibility index (Phi) is 11.4. The molecular weight excluding hydrogens is 536 g/mol. The van der Waals surface area contributed by atoms with Gasteiger partial charge in [-0.25, -0.2) is 4.98 Å². The Hall–Kier alpha value is -4.06. The van der Waals surface area contributed by atoms with E-state index >= 15 is 0 Å². The molecule has 0 saturated carbocycles. The van der Waals surface area contributed by atoms with E-state index in [9.17, 15) is 19.5 Å². The zero-order valence-electron chi connectivity index (χ0n) is 23.4. The van der Waals surface area contributed by atoms with E-state index in [-0.39, 0.29) is 32.4 Å². The minimum absolute atomic E-state index is 0. The maximum absolute atomic E-state index is 13.6. The largest absolute Gasteiger partial charge is 0.393 e. The zero-order valence-corrected chi connectivity index (χ0v) is 23.4. The van der Waals surface area contributed by atoms with E-state index in [2.05, 4.69) is 15.6 Å². The number of nitrogens with two attached hydrogens (primary N) is 1. The van der Waals surface area contributed by atoms with Crippen LogP contribution < -0.4 is 16.4 Å². The summed E-state index contributed by atoms with van der Waals surface area (Å²) in [6.07, 6.45) is 3.73. The number of imidazole rings is 1. The van der Waals surface area contributed by atoms with Gasteiger partial charge in [0.25, 0.3) is 5.91 Å². The van der Waals surface area contributed by atoms with Gasteiger partial charge in [-0.3, -0.25) is 14.4 Å². The minimum atomic E-state index is -1.20. The first-order chi connectivity index (χ1) is 19.6. The summed E-state index contributed by atoms with van der Waals surface area (Å²) >= 11 is 0. The lowest BCUT2D eigenvalue weighted by molar-refractivity contribution is -0.135. The van der Waals surface area contributed by atoms with E-state index in [1.165, 1.54) is 6.33 Å². The number of aliphatic hydroxyl groups excluding tert-OH is 1. The van der Waals surface area contributed by atoms with E-state index in [4.69, 9.17) is 10.5 Å². The molecule has 2 heterocycles. The molecule has 0 aliphatic carbocycles. The van der Waals surface area contributed by atoms with Crippen LogP contribution in [0.4, 0.5) is 5.82 Å². The lowest BCUT2D eigenvalue weighted by atomic mass is 10.0. The number of nitrogens with one attached hydrogen (secondary N) is 2. The van der Waals surface area contributed by atoms with Gasteiger partial charge in [0.05, 0.1) is 31.2 Å². The molecule has 1 aliphatic rings. The topological polar surface area (TPSA) is 152 Å². The number of amides is 3. The van der Waals surface area contributed by atoms with Crippen molar-refractivity contribution in [2.24, 2.45) is 5.73 Å². The van der Waals surface area contributed by atoms with Crippen molar-refractivity contribution in [2.75, 3.05) is 25.0 Å². The van der Waals surface area contributed by atoms with Gasteiger partial charge >= 0.3 is 0 Å². The number of hydrogen-bond acceptors (Lipinski definition) is 7. The number of likely N-dealkylation sites (tertiary alicyclic amines) is 1. The highest BCUT2D eigenvalue weighted by Gasteiger charge is 2.31. The molecule has 0 spiro atoms. The standard InChI is InChI=1S/C30H38N6O5.CH4/c1-30(2,31)29(40)33-24(19-41-18-21-9-5-3-6-10-21)27(38)34-25-17-36(20-32-25)26(22-11-7-4-8-12-22)28(39)35-15-13-23(37)14-16-35;/h3-12,17,20,23-24,26,37H,13-16,18-19,31H2,1-2H3,(H,33,40)(H,34,38);1H4/t24-,26?;/m1./s1. The Bertz CT molecular complexity index is 1300. The average molecular weight is 579 g/mol. The van der Waals surface area contributed by atoms with Crippen molar-refractivity contribution in [3.63, 3.8) is 0 Å². The molecule has 0 bridgehead atoms. The van der Waals surface area contributed by atoms with Crippen LogP contribution in [0.3, 0.4) is 0 Å². The van der Waals surface area contributed by atoms with Crippen LogP contribution in [0.25, 0.3) is 0 Å². The van der Waals surface area contributed by atoms with Gasteiger partial charge in [-0.05, 0) is 37.8 Å². The molecule has 4 rings (SSSR count). The Morgan fingerprint density at radius 3 is 2.31 bits per heavy atom. The minimum Gasteiger partial charge on any atom is -0.393 e. The van der Waals surface area contributed by atoms with Crippen molar-refractivity contribution in [2.45, 2.75) is 64.4 Å². The quantitative estimate of drug-likeness (QED) is 0.273. The molecule has 11 heteroatoms. The fourth-order valence-corrected chi connectivity index (χ4v) is 4.49. The highest BCUT2D eigenvalue weighted by molar-refractivity contribution is 5.98. The monoisotopic (exact) mass is 578 g/mol. The number of hydrogen-bond donors (Lipinski definition) is 4. The predicted molar refractivity (Wildman–Crippen MR) is 160 cm³/mol. The summed E-state index contributed by atoms with van der Waals surface area (Å²) in [7, 11) is 0. The highest BCUT2D eigenvalue weighted by Crippen LogP contribution is 2.24. The zero-order chi connectivity index (χ0) is 29.4. The SMILES string of the molecule is C.CC(C)(N)C(=O)N[C@H](COCc1ccccc1)C(=O)Nc1cn(C(C(=O)N2CCC(O)CC2)c2ccccc2)cn1. The molecule has 0 radical (unpaired) electrons. The van der Waals surface area contributed by atoms with Gasteiger partial charge in [0.1, 0.15) is 12.1 Å². The van der Waals surface area contributed by atoms with Crippen LogP contribution in [0.2, 0.25) is 0 Å². The summed E-state index contributed by atoms with van der Waals surface area (Å²) in [6, 6.07) is 17.1. The summed E-state index contributed by atoms with van der Waals surface area (Å²) in [5, 5.41) is 15.3. The van der Waals surface area contributed by atoms with Gasteiger partial charge < -0.3 is 35.7 Å². The summed E-state index contributed by atoms with van der Waals surface area (Å²) in [4.78, 5) is 45.6. The van der Waals surface area contributed by atoms with Crippen LogP contribution in [0, 0.1) is 0 Å². The first kappa shape index (κ1) is 32.5. The molecule has 1 unspecified atom stereocenters. The second-order valence-electron chi connectivity index (χ2n) is 10.8. The van der Waals surface area contributed by atoms with Crippen molar-refractivity contribution >= 4 is 23.5 Å². The van der Waals surface area contributed by atoms with Crippen LogP contribution in [-0.4, -0.2) is 74.7 Å². The third kappa shape index (κ3) is 8.72. The Morgan fingerprint density at radius 2 is 1.69 bits per heavy atom. The maximum Gasteiger partial charge on any atom is 0.250 e. The maximum atomic E-state index is 13.6. The fraction of sp³-hybridized carbons (Fsp3) is 0.419. The second-order valence-corrected chi connectivity index (χ2v) is 10.8. The van der Waals surface area contributed by atoms with Gasteiger partial charge in [0, 0.05) is 19.3 Å². The van der Waals surface area contributed by atoms with Crippen LogP contribution >= 0.6 is 0 Å². The highest BCUT2D eigenvalue weighted by atomic mass is 16.5. The number of ether oxygens (including phenoxy) is 1. The third-order valence-corrected chi connectivity index (χ3v) is 6.88. The average Bonchev–Trinajstić information content (AvgIpc) is 3.41. The smallest absolute Gasteiger partial charge is 0.250 e. The van der Waals surface area contributed by atoms with Crippen molar-refractivity contribution in [1.82, 2.24) is 19.8 Å². The van der Waals surface area contributed by atoms with Crippen molar-refractivity contribution < 1.29 is 24.2 Å². The summed E-state index contributed by atoms with van der Waals surface area (Å²) in [5.74, 6) is -0.948. The number of carbonyl (C=O) groups is 3. The number of anilines is 1. The first-order valence-electron chi connectivity index (χ1n) is 13.7. The number of aliphatic hydroxyl groups is 1. The molecule has 2 aromatic carbocycles. The number of aromatic nitrogens is 2. The molecule has 3 aromatic rings. The van der Waals surface area contributed by atoms with E-state index < -0.39 is 35.5 Å². The molecule has 2 atom stereocenters. The fourth-order valence-electron chi connectivity index (χ4n) is 4.49. The van der Waals surface area contributed by atoms with Gasteiger partial charge in [-0.15, -0.1) is 0 Å². The Balaban J connectivity index is 0.00000484. The van der Waals surface area contributed by atoms with Crippen LogP contribution in [0.15, 0.2) is 73.2 Å². The van der Waals surface area contributed by atoms with Gasteiger partial charge in [0.15, 0.2) is 5.82 Å². The molecule has 42 heavy (non-hydrogen) atoms. The molecular formula is C31H42N6O5. The second kappa shape index (κ2) is 14.7. The van der Waals surface area contributed by atoms with E-state index in [1.807, 2.05) is 60.7 Å². The van der Waals surface area contributed by atoms with Crippen molar-refractivity contribution in [3.05, 3.63) is 84.3 Å². The van der Waals surface area contributed by atoms with E-state index in [0.29, 0.717) is 25.9 Å². The van der Waals surface area contributed by atoms with Crippen molar-refractivity contribution in [1.29, 1.82) is 0 Å². The number of carbonyl (C=O) groups excluding carboxylic acids is 3. The summed E-state index contributed by atoms with van der Waals surface area (Å²) in [6.45, 7) is 4.19. The Labute approximate surface area is 247 Å². The van der Waals surface area contributed by atoms with E-state index in [0.717, 1.165) is 11.1 Å². The molecule has 1 saturated heterocycles. The number of nitrogens with zero attached hydrogens (tertiary/aromatic N) is 3. The number of rotatable bonds is 11. The molecule has 5 N–H and O–H groups in total. The van der Waals surface area contributed by atoms with Crippen molar-refractivity contribution in [3.8, 4) is 0 Å². The van der Waals surface area contributed by atoms with Crippen LogP contribution in [0.1, 0.15) is 51.3 Å². The third-order valence-electron chi connectivity index (χ3n) is 6.88. The lowest BCUT2D eigenvalue weighted by Crippen LogP contribution is -2.56. The molecule has 226 valence electrons. The lowest BCUT2D eigenvalue weighted by Gasteiger charge is -2.33. The van der Waals surface area contributed by atoms with Gasteiger partial charge in [0.2, 0.25) is 11.8 Å². The molecule has 1 aliphatic heterocycles. The Morgan fingerprint density at radius 1 is 1.07 bits per heavy atom. The molecule has 3 amide bonds. The van der Waals surface area contributed by atoms with Gasteiger partial charge in [-0.2, -0.15) is 0 Å². The van der Waals surface area contributed by atoms with Crippen LogP contribution in [-0.2, 0) is 25.7 Å². The molecule has 1 aromatic heterocycles. The summed E-state index contributed by atoms with van der Waals surface area (Å²) < 4.78 is 7.41. The number of piperidine rings is 1. The van der Waals surface area contributed by atoms with Crippen LogP contribution in [0.5, 0.6) is 0 Å². The number of benzene rings is 2.